The van der Waals surface area contributed by atoms with Crippen LogP contribution in [-0.2, 0) is 0 Å². The summed E-state index contributed by atoms with van der Waals surface area (Å²) in [7, 11) is 1.70. The van der Waals surface area contributed by atoms with Gasteiger partial charge in [-0.2, -0.15) is 0 Å². The summed E-state index contributed by atoms with van der Waals surface area (Å²) in [5.74, 6) is 0.817. The molecule has 8 bridgehead atoms. The molecule has 7 rings (SSSR count). The summed E-state index contributed by atoms with van der Waals surface area (Å²) in [6, 6.07) is 35.7. The number of methoxy groups -OCH3 is 1. The van der Waals surface area contributed by atoms with Crippen molar-refractivity contribution in [3.05, 3.63) is 158 Å². The molecule has 4 aromatic heterocycles. The van der Waals surface area contributed by atoms with E-state index < -0.39 is 0 Å². The molecule has 0 aliphatic carbocycles. The van der Waals surface area contributed by atoms with Crippen LogP contribution in [0.1, 0.15) is 33.9 Å². The van der Waals surface area contributed by atoms with Crippen molar-refractivity contribution in [3.63, 3.8) is 0 Å². The van der Waals surface area contributed by atoms with Crippen LogP contribution in [0.5, 0.6) is 5.75 Å². The SMILES string of the molecule is COc1cccc(C2=c3ccc([nH]3)=Cc3ccc([nH]3)C=c3ccc([nH]3)=C(c3ccccc3)c3ccc2[nH]3)c1. The minimum atomic E-state index is 0.817. The summed E-state index contributed by atoms with van der Waals surface area (Å²) in [4.78, 5) is 14.5. The number of aromatic nitrogens is 4. The van der Waals surface area contributed by atoms with Gasteiger partial charge in [0.1, 0.15) is 5.75 Å². The minimum Gasteiger partial charge on any atom is -0.497 e. The summed E-state index contributed by atoms with van der Waals surface area (Å²) < 4.78 is 5.56. The number of hydrogen-bond donors (Lipinski definition) is 4. The molecule has 0 unspecified atom stereocenters. The van der Waals surface area contributed by atoms with Crippen LogP contribution in [0.15, 0.2) is 103 Å². The summed E-state index contributed by atoms with van der Waals surface area (Å²) in [5.41, 5.74) is 8.50. The molecule has 5 heteroatoms. The predicted octanol–water partition coefficient (Wildman–Crippen LogP) is 3.47. The zero-order valence-electron chi connectivity index (χ0n) is 20.9. The van der Waals surface area contributed by atoms with E-state index in [2.05, 4.69) is 117 Å². The normalized spacial score (nSPS) is 12.7. The zero-order valence-corrected chi connectivity index (χ0v) is 20.9. The van der Waals surface area contributed by atoms with Crippen molar-refractivity contribution in [3.8, 4) is 5.75 Å². The van der Waals surface area contributed by atoms with Gasteiger partial charge in [0.15, 0.2) is 0 Å². The van der Waals surface area contributed by atoms with E-state index in [1.807, 2.05) is 18.2 Å². The number of hydrogen-bond acceptors (Lipinski definition) is 1. The second-order valence-electron chi connectivity index (χ2n) is 9.45. The van der Waals surface area contributed by atoms with Gasteiger partial charge in [0.2, 0.25) is 0 Å². The van der Waals surface area contributed by atoms with Gasteiger partial charge in [-0.05, 0) is 83.9 Å². The van der Waals surface area contributed by atoms with Gasteiger partial charge in [-0.15, -0.1) is 0 Å². The van der Waals surface area contributed by atoms with Crippen LogP contribution in [0, 0.1) is 0 Å². The topological polar surface area (TPSA) is 72.4 Å². The van der Waals surface area contributed by atoms with Gasteiger partial charge in [0.05, 0.1) is 7.11 Å². The highest BCUT2D eigenvalue weighted by molar-refractivity contribution is 5.82. The lowest BCUT2D eigenvalue weighted by Gasteiger charge is -2.09. The highest BCUT2D eigenvalue weighted by Gasteiger charge is 2.15. The van der Waals surface area contributed by atoms with Crippen molar-refractivity contribution in [2.75, 3.05) is 7.11 Å². The standard InChI is InChI=1S/C33H26N4O/c1-38-27-9-5-8-22(18-27)33-29-15-13-26(36-29)20-24-11-10-23(34-24)19-25-12-14-28(35-25)32(21-6-3-2-4-7-21)30-16-17-31(33)37-30/h2-20,34-37H,1H3. The Kier molecular flexibility index (Phi) is 5.26. The molecular weight excluding hydrogens is 468 g/mol. The van der Waals surface area contributed by atoms with E-state index in [-0.39, 0.29) is 0 Å². The Morgan fingerprint density at radius 1 is 0.500 bits per heavy atom. The Hall–Kier alpha value is -5.16. The predicted molar refractivity (Wildman–Crippen MR) is 151 cm³/mol. The lowest BCUT2D eigenvalue weighted by atomic mass is 10.0. The maximum atomic E-state index is 5.56. The molecule has 0 radical (unpaired) electrons. The second kappa shape index (κ2) is 9.05. The fourth-order valence-electron chi connectivity index (χ4n) is 5.20. The fraction of sp³-hybridized carbons (Fsp3) is 0.0303. The molecule has 0 spiro atoms. The van der Waals surface area contributed by atoms with Crippen molar-refractivity contribution in [1.29, 1.82) is 0 Å². The molecule has 0 amide bonds. The molecule has 4 N–H and O–H groups in total. The van der Waals surface area contributed by atoms with Gasteiger partial charge in [0.25, 0.3) is 0 Å². The molecular formula is C33H26N4O. The van der Waals surface area contributed by atoms with E-state index in [0.717, 1.165) is 72.2 Å². The summed E-state index contributed by atoms with van der Waals surface area (Å²) >= 11 is 0. The van der Waals surface area contributed by atoms with E-state index >= 15 is 0 Å². The second-order valence-corrected chi connectivity index (χ2v) is 9.45. The molecule has 5 heterocycles. The number of rotatable bonds is 3. The number of benzene rings is 2. The van der Waals surface area contributed by atoms with Crippen LogP contribution in [-0.4, -0.2) is 27.0 Å². The first-order valence-electron chi connectivity index (χ1n) is 12.6. The van der Waals surface area contributed by atoms with Crippen molar-refractivity contribution in [2.45, 2.75) is 0 Å². The minimum absolute atomic E-state index is 0.817. The van der Waals surface area contributed by atoms with E-state index in [1.165, 1.54) is 0 Å². The van der Waals surface area contributed by atoms with Crippen LogP contribution in [0.3, 0.4) is 0 Å². The van der Waals surface area contributed by atoms with Crippen LogP contribution in [0.4, 0.5) is 0 Å². The van der Waals surface area contributed by atoms with Crippen molar-refractivity contribution >= 4 is 23.3 Å². The van der Waals surface area contributed by atoms with Gasteiger partial charge >= 0.3 is 0 Å². The van der Waals surface area contributed by atoms with Crippen molar-refractivity contribution in [1.82, 2.24) is 19.9 Å². The van der Waals surface area contributed by atoms with Gasteiger partial charge in [-0.1, -0.05) is 42.5 Å². The first kappa shape index (κ1) is 22.1. The summed E-state index contributed by atoms with van der Waals surface area (Å²) in [5, 5.41) is 4.12. The molecule has 0 atom stereocenters. The Bertz CT molecular complexity index is 2020. The zero-order chi connectivity index (χ0) is 25.5. The maximum absolute atomic E-state index is 5.56. The van der Waals surface area contributed by atoms with Crippen LogP contribution in [0.2, 0.25) is 0 Å². The summed E-state index contributed by atoms with van der Waals surface area (Å²) in [6.07, 6.45) is 4.25. The third-order valence-corrected chi connectivity index (χ3v) is 6.95. The summed E-state index contributed by atoms with van der Waals surface area (Å²) in [6.45, 7) is 0. The fourth-order valence-corrected chi connectivity index (χ4v) is 5.20. The molecule has 5 nitrogen and oxygen atoms in total. The van der Waals surface area contributed by atoms with E-state index in [4.69, 9.17) is 4.74 Å². The Labute approximate surface area is 219 Å². The van der Waals surface area contributed by atoms with Gasteiger partial charge in [0, 0.05) is 55.3 Å². The molecule has 0 saturated heterocycles. The molecule has 1 aliphatic rings. The van der Waals surface area contributed by atoms with E-state index in [1.54, 1.807) is 7.11 Å². The molecule has 38 heavy (non-hydrogen) atoms. The average molecular weight is 495 g/mol. The maximum Gasteiger partial charge on any atom is 0.119 e. The first-order valence-corrected chi connectivity index (χ1v) is 12.6. The van der Waals surface area contributed by atoms with Gasteiger partial charge < -0.3 is 24.7 Å². The molecule has 0 saturated carbocycles. The highest BCUT2D eigenvalue weighted by atomic mass is 16.5. The van der Waals surface area contributed by atoms with Crippen LogP contribution < -0.4 is 26.1 Å². The van der Waals surface area contributed by atoms with E-state index in [9.17, 15) is 0 Å². The Morgan fingerprint density at radius 3 is 1.74 bits per heavy atom. The van der Waals surface area contributed by atoms with Crippen molar-refractivity contribution < 1.29 is 4.74 Å². The number of ether oxygens (including phenoxy) is 1. The molecule has 6 aromatic rings. The van der Waals surface area contributed by atoms with Crippen molar-refractivity contribution in [2.24, 2.45) is 0 Å². The number of fused-ring (bicyclic) bond motifs is 8. The lowest BCUT2D eigenvalue weighted by Crippen LogP contribution is -2.16. The molecule has 1 aliphatic heterocycles. The molecule has 184 valence electrons. The molecule has 0 fully saturated rings. The highest BCUT2D eigenvalue weighted by Crippen LogP contribution is 2.27. The molecule has 2 aromatic carbocycles. The third kappa shape index (κ3) is 4.00. The smallest absolute Gasteiger partial charge is 0.119 e. The first-order chi connectivity index (χ1) is 18.7. The van der Waals surface area contributed by atoms with Gasteiger partial charge in [-0.3, -0.25) is 0 Å². The van der Waals surface area contributed by atoms with Crippen LogP contribution in [0.25, 0.3) is 23.3 Å². The monoisotopic (exact) mass is 494 g/mol. The Morgan fingerprint density at radius 2 is 1.11 bits per heavy atom. The number of aromatic amines is 4. The Balaban J connectivity index is 1.57. The number of H-pyrrole nitrogens is 4. The quantitative estimate of drug-likeness (QED) is 0.299. The third-order valence-electron chi connectivity index (χ3n) is 6.95. The van der Waals surface area contributed by atoms with E-state index in [0.29, 0.717) is 0 Å². The average Bonchev–Trinajstić information content (AvgIpc) is 3.76. The largest absolute Gasteiger partial charge is 0.497 e. The van der Waals surface area contributed by atoms with Crippen LogP contribution >= 0.6 is 0 Å². The lowest BCUT2D eigenvalue weighted by molar-refractivity contribution is 0.414. The van der Waals surface area contributed by atoms with Gasteiger partial charge in [-0.25, -0.2) is 0 Å². The number of nitrogens with one attached hydrogen (secondary N) is 4.